The number of aromatic nitrogens is 2. The van der Waals surface area contributed by atoms with E-state index in [1.165, 1.54) is 21.4 Å². The molecule has 0 unspecified atom stereocenters. The predicted molar refractivity (Wildman–Crippen MR) is 154 cm³/mol. The summed E-state index contributed by atoms with van der Waals surface area (Å²) in [5, 5.41) is 1.24. The quantitative estimate of drug-likeness (QED) is 0.319. The van der Waals surface area contributed by atoms with Crippen LogP contribution in [0, 0.1) is 0 Å². The van der Waals surface area contributed by atoms with E-state index in [4.69, 9.17) is 9.97 Å². The van der Waals surface area contributed by atoms with Crippen LogP contribution in [0.4, 0.5) is 5.82 Å². The Morgan fingerprint density at radius 1 is 0.973 bits per heavy atom. The second kappa shape index (κ2) is 10.5. The fraction of sp³-hybridized carbons (Fsp3) is 0.345. The van der Waals surface area contributed by atoms with Gasteiger partial charge in [-0.2, -0.15) is 0 Å². The summed E-state index contributed by atoms with van der Waals surface area (Å²) in [4.78, 5) is 32.7. The molecule has 1 saturated heterocycles. The third-order valence-corrected chi connectivity index (χ3v) is 9.06. The summed E-state index contributed by atoms with van der Waals surface area (Å²) in [6, 6.07) is 18.1. The second-order valence-corrected chi connectivity index (χ2v) is 11.7. The highest BCUT2D eigenvalue weighted by Crippen LogP contribution is 2.39. The van der Waals surface area contributed by atoms with Crippen LogP contribution in [0.5, 0.6) is 0 Å². The van der Waals surface area contributed by atoms with E-state index in [0.29, 0.717) is 13.1 Å². The number of amides is 1. The molecule has 190 valence electrons. The molecule has 2 aliphatic heterocycles. The number of rotatable bonds is 5. The van der Waals surface area contributed by atoms with Crippen LogP contribution < -0.4 is 4.90 Å². The van der Waals surface area contributed by atoms with Gasteiger partial charge >= 0.3 is 0 Å². The summed E-state index contributed by atoms with van der Waals surface area (Å²) < 4.78 is 0.981. The molecule has 4 aromatic rings. The lowest BCUT2D eigenvalue weighted by atomic mass is 10.0. The molecule has 0 bridgehead atoms. The van der Waals surface area contributed by atoms with Crippen molar-refractivity contribution in [3.8, 4) is 0 Å². The standard InChI is InChI=1S/C29H30BrN5OS/c1-2-33-13-12-23-24(19-33)37-28-26(23)27(31-25(32-28)18-20-6-4-3-5-7-20)34-14-16-35(17-15-34)29(36)21-8-10-22(30)11-9-21/h3-11H,2,12-19H2,1H3. The third kappa shape index (κ3) is 5.02. The van der Waals surface area contributed by atoms with Crippen molar-refractivity contribution >= 4 is 49.2 Å². The Bertz CT molecular complexity index is 1410. The summed E-state index contributed by atoms with van der Waals surface area (Å²) in [7, 11) is 0. The maximum Gasteiger partial charge on any atom is 0.253 e. The Morgan fingerprint density at radius 3 is 2.46 bits per heavy atom. The number of piperazine rings is 1. The van der Waals surface area contributed by atoms with Crippen LogP contribution in [0.2, 0.25) is 0 Å². The van der Waals surface area contributed by atoms with Gasteiger partial charge in [0.2, 0.25) is 0 Å². The number of carbonyl (C=O) groups is 1. The third-order valence-electron chi connectivity index (χ3n) is 7.42. The number of benzene rings is 2. The van der Waals surface area contributed by atoms with Crippen LogP contribution in [-0.4, -0.2) is 64.9 Å². The Morgan fingerprint density at radius 2 is 1.73 bits per heavy atom. The van der Waals surface area contributed by atoms with Crippen LogP contribution >= 0.6 is 27.3 Å². The average Bonchev–Trinajstić information content (AvgIpc) is 3.31. The SMILES string of the molecule is CCN1CCc2c(sc3nc(Cc4ccccc4)nc(N4CCN(C(=O)c5ccc(Br)cc5)CC4)c23)C1. The summed E-state index contributed by atoms with van der Waals surface area (Å²) in [5.41, 5.74) is 3.38. The smallest absolute Gasteiger partial charge is 0.253 e. The highest BCUT2D eigenvalue weighted by atomic mass is 79.9. The maximum absolute atomic E-state index is 13.1. The van der Waals surface area contributed by atoms with Gasteiger partial charge in [0.1, 0.15) is 16.5 Å². The number of likely N-dealkylation sites (N-methyl/N-ethyl adjacent to an activating group) is 1. The molecule has 6 nitrogen and oxygen atoms in total. The molecule has 2 aromatic carbocycles. The molecule has 6 rings (SSSR count). The van der Waals surface area contributed by atoms with Crippen LogP contribution in [-0.2, 0) is 19.4 Å². The molecule has 0 radical (unpaired) electrons. The van der Waals surface area contributed by atoms with Crippen molar-refractivity contribution in [1.29, 1.82) is 0 Å². The topological polar surface area (TPSA) is 52.6 Å². The molecule has 1 fully saturated rings. The van der Waals surface area contributed by atoms with Crippen LogP contribution in [0.15, 0.2) is 59.1 Å². The van der Waals surface area contributed by atoms with Crippen molar-refractivity contribution < 1.29 is 4.79 Å². The minimum Gasteiger partial charge on any atom is -0.352 e. The highest BCUT2D eigenvalue weighted by molar-refractivity contribution is 9.10. The number of anilines is 1. The Kier molecular flexibility index (Phi) is 6.97. The van der Waals surface area contributed by atoms with Gasteiger partial charge in [0.05, 0.1) is 5.39 Å². The molecular weight excluding hydrogens is 546 g/mol. The number of fused-ring (bicyclic) bond motifs is 3. The predicted octanol–water partition coefficient (Wildman–Crippen LogP) is 5.39. The van der Waals surface area contributed by atoms with E-state index >= 15 is 0 Å². The molecule has 37 heavy (non-hydrogen) atoms. The van der Waals surface area contributed by atoms with E-state index < -0.39 is 0 Å². The first-order valence-corrected chi connectivity index (χ1v) is 14.6. The molecule has 8 heteroatoms. The first-order chi connectivity index (χ1) is 18.1. The van der Waals surface area contributed by atoms with Crippen molar-refractivity contribution in [2.24, 2.45) is 0 Å². The van der Waals surface area contributed by atoms with Crippen molar-refractivity contribution in [3.63, 3.8) is 0 Å². The fourth-order valence-electron chi connectivity index (χ4n) is 5.32. The largest absolute Gasteiger partial charge is 0.352 e. The van der Waals surface area contributed by atoms with Crippen molar-refractivity contribution in [3.05, 3.63) is 86.5 Å². The van der Waals surface area contributed by atoms with E-state index in [9.17, 15) is 4.79 Å². The Balaban J connectivity index is 1.31. The minimum absolute atomic E-state index is 0.0947. The maximum atomic E-state index is 13.1. The van der Waals surface area contributed by atoms with Gasteiger partial charge in [-0.25, -0.2) is 9.97 Å². The average molecular weight is 577 g/mol. The summed E-state index contributed by atoms with van der Waals surface area (Å²) in [5.74, 6) is 2.01. The van der Waals surface area contributed by atoms with Gasteiger partial charge in [0, 0.05) is 60.6 Å². The van der Waals surface area contributed by atoms with Gasteiger partial charge in [0.25, 0.3) is 5.91 Å². The van der Waals surface area contributed by atoms with E-state index in [0.717, 1.165) is 72.1 Å². The molecule has 2 aliphatic rings. The van der Waals surface area contributed by atoms with Crippen LogP contribution in [0.1, 0.15) is 39.1 Å². The van der Waals surface area contributed by atoms with Crippen molar-refractivity contribution in [1.82, 2.24) is 19.8 Å². The van der Waals surface area contributed by atoms with Gasteiger partial charge in [-0.1, -0.05) is 53.2 Å². The minimum atomic E-state index is 0.0947. The number of hydrogen-bond donors (Lipinski definition) is 0. The molecule has 2 aromatic heterocycles. The molecule has 0 N–H and O–H groups in total. The van der Waals surface area contributed by atoms with E-state index in [1.54, 1.807) is 0 Å². The molecule has 0 spiro atoms. The van der Waals surface area contributed by atoms with Gasteiger partial charge in [-0.3, -0.25) is 9.69 Å². The number of hydrogen-bond acceptors (Lipinski definition) is 6. The lowest BCUT2D eigenvalue weighted by molar-refractivity contribution is 0.0746. The van der Waals surface area contributed by atoms with Crippen molar-refractivity contribution in [2.45, 2.75) is 26.3 Å². The monoisotopic (exact) mass is 575 g/mol. The molecule has 4 heterocycles. The molecule has 0 saturated carbocycles. The van der Waals surface area contributed by atoms with Gasteiger partial charge in [-0.15, -0.1) is 11.3 Å². The van der Waals surface area contributed by atoms with E-state index in [-0.39, 0.29) is 5.91 Å². The van der Waals surface area contributed by atoms with Gasteiger partial charge in [-0.05, 0) is 48.4 Å². The number of thiophene rings is 1. The summed E-state index contributed by atoms with van der Waals surface area (Å²) in [6.45, 7) is 8.28. The van der Waals surface area contributed by atoms with Crippen LogP contribution in [0.3, 0.4) is 0 Å². The van der Waals surface area contributed by atoms with Gasteiger partial charge in [0.15, 0.2) is 0 Å². The Labute approximate surface area is 230 Å². The Hall–Kier alpha value is -2.81. The van der Waals surface area contributed by atoms with Crippen molar-refractivity contribution in [2.75, 3.05) is 44.2 Å². The zero-order chi connectivity index (χ0) is 25.4. The lowest BCUT2D eigenvalue weighted by Crippen LogP contribution is -2.49. The van der Waals surface area contributed by atoms with Gasteiger partial charge < -0.3 is 9.80 Å². The fourth-order valence-corrected chi connectivity index (χ4v) is 6.86. The zero-order valence-corrected chi connectivity index (χ0v) is 23.4. The normalized spacial score (nSPS) is 16.3. The number of halogens is 1. The molecule has 0 atom stereocenters. The second-order valence-electron chi connectivity index (χ2n) is 9.71. The summed E-state index contributed by atoms with van der Waals surface area (Å²) in [6.07, 6.45) is 1.76. The van der Waals surface area contributed by atoms with Crippen LogP contribution in [0.25, 0.3) is 10.2 Å². The molecular formula is C29H30BrN5OS. The molecule has 0 aliphatic carbocycles. The van der Waals surface area contributed by atoms with E-state index in [2.05, 4.69) is 56.9 Å². The molecule has 1 amide bonds. The number of carbonyl (C=O) groups excluding carboxylic acids is 1. The highest BCUT2D eigenvalue weighted by Gasteiger charge is 2.29. The summed E-state index contributed by atoms with van der Waals surface area (Å²) >= 11 is 5.29. The lowest BCUT2D eigenvalue weighted by Gasteiger charge is -2.36. The van der Waals surface area contributed by atoms with E-state index in [1.807, 2.05) is 46.6 Å². The zero-order valence-electron chi connectivity index (χ0n) is 21.0. The first-order valence-electron chi connectivity index (χ1n) is 13.0. The first kappa shape index (κ1) is 24.5. The number of nitrogens with zero attached hydrogens (tertiary/aromatic N) is 5.